The van der Waals surface area contributed by atoms with Crippen molar-refractivity contribution in [1.29, 1.82) is 0 Å². The Labute approximate surface area is 194 Å². The maximum Gasteiger partial charge on any atom is 0.267 e. The number of ether oxygens (including phenoxy) is 3. The van der Waals surface area contributed by atoms with Gasteiger partial charge in [0, 0.05) is 49.9 Å². The number of carbonyl (C=O) groups excluding carboxylic acids is 1. The molecular formula is C25H32N4O4. The van der Waals surface area contributed by atoms with Gasteiger partial charge in [0.15, 0.2) is 11.5 Å². The van der Waals surface area contributed by atoms with Crippen LogP contribution in [0.4, 0.5) is 5.69 Å². The Morgan fingerprint density at radius 3 is 2.36 bits per heavy atom. The largest absolute Gasteiger partial charge is 0.496 e. The summed E-state index contributed by atoms with van der Waals surface area (Å²) in [7, 11) is 4.73. The van der Waals surface area contributed by atoms with Gasteiger partial charge in [-0.05, 0) is 31.2 Å². The van der Waals surface area contributed by atoms with Crippen molar-refractivity contribution in [2.75, 3.05) is 65.5 Å². The topological polar surface area (TPSA) is 79.1 Å². The van der Waals surface area contributed by atoms with Gasteiger partial charge < -0.3 is 29.4 Å². The molecule has 2 heterocycles. The van der Waals surface area contributed by atoms with Crippen molar-refractivity contribution in [2.45, 2.75) is 6.42 Å². The standard InChI is InChI=1S/C25H32N4O4/c1-31-21-17-22(32-2)24(33-3)23-19(21)16-20(27-23)25(30)26-10-7-11-28-12-14-29(15-13-28)18-8-5-4-6-9-18/h4-6,8-9,16-17,27H,7,10-15H2,1-3H3,(H,26,30). The molecule has 0 atom stereocenters. The molecule has 4 rings (SSSR count). The van der Waals surface area contributed by atoms with Crippen LogP contribution in [-0.2, 0) is 0 Å². The molecule has 0 spiro atoms. The van der Waals surface area contributed by atoms with Crippen LogP contribution in [-0.4, -0.2) is 76.4 Å². The first-order chi connectivity index (χ1) is 16.1. The zero-order chi connectivity index (χ0) is 23.2. The van der Waals surface area contributed by atoms with Crippen molar-refractivity contribution in [3.63, 3.8) is 0 Å². The number of H-pyrrole nitrogens is 1. The van der Waals surface area contributed by atoms with E-state index in [-0.39, 0.29) is 5.91 Å². The van der Waals surface area contributed by atoms with Crippen molar-refractivity contribution in [3.05, 3.63) is 48.2 Å². The van der Waals surface area contributed by atoms with Gasteiger partial charge in [-0.1, -0.05) is 18.2 Å². The van der Waals surface area contributed by atoms with Gasteiger partial charge >= 0.3 is 0 Å². The summed E-state index contributed by atoms with van der Waals surface area (Å²) in [4.78, 5) is 20.8. The molecule has 1 saturated heterocycles. The number of carbonyl (C=O) groups is 1. The van der Waals surface area contributed by atoms with E-state index in [0.29, 0.717) is 35.0 Å². The Morgan fingerprint density at radius 2 is 1.70 bits per heavy atom. The number of fused-ring (bicyclic) bond motifs is 1. The summed E-state index contributed by atoms with van der Waals surface area (Å²) in [6, 6.07) is 14.1. The molecule has 0 radical (unpaired) electrons. The lowest BCUT2D eigenvalue weighted by molar-refractivity contribution is 0.0947. The van der Waals surface area contributed by atoms with Gasteiger partial charge in [0.05, 0.1) is 26.8 Å². The van der Waals surface area contributed by atoms with Crippen LogP contribution in [0.15, 0.2) is 42.5 Å². The lowest BCUT2D eigenvalue weighted by Crippen LogP contribution is -2.47. The van der Waals surface area contributed by atoms with Crippen LogP contribution in [0.2, 0.25) is 0 Å². The smallest absolute Gasteiger partial charge is 0.267 e. The van der Waals surface area contributed by atoms with Crippen molar-refractivity contribution < 1.29 is 19.0 Å². The molecule has 2 aromatic carbocycles. The molecule has 1 fully saturated rings. The Balaban J connectivity index is 1.29. The fourth-order valence-electron chi connectivity index (χ4n) is 4.33. The minimum absolute atomic E-state index is 0.150. The third-order valence-electron chi connectivity index (χ3n) is 6.12. The average Bonchev–Trinajstić information content (AvgIpc) is 3.32. The SMILES string of the molecule is COc1cc(OC)c2cc(C(=O)NCCCN3CCN(c4ccccc4)CC3)[nH]c2c1OC. The number of anilines is 1. The van der Waals surface area contributed by atoms with E-state index >= 15 is 0 Å². The summed E-state index contributed by atoms with van der Waals surface area (Å²) < 4.78 is 16.4. The van der Waals surface area contributed by atoms with Crippen molar-refractivity contribution in [1.82, 2.24) is 15.2 Å². The highest BCUT2D eigenvalue weighted by Crippen LogP contribution is 2.41. The Kier molecular flexibility index (Phi) is 7.24. The maximum absolute atomic E-state index is 12.7. The molecule has 176 valence electrons. The van der Waals surface area contributed by atoms with Crippen molar-refractivity contribution in [3.8, 4) is 17.2 Å². The fourth-order valence-corrected chi connectivity index (χ4v) is 4.33. The van der Waals surface area contributed by atoms with Gasteiger partial charge in [0.25, 0.3) is 5.91 Å². The summed E-state index contributed by atoms with van der Waals surface area (Å²) in [5, 5.41) is 3.79. The molecule has 0 bridgehead atoms. The lowest BCUT2D eigenvalue weighted by atomic mass is 10.2. The van der Waals surface area contributed by atoms with E-state index in [4.69, 9.17) is 14.2 Å². The Hall–Kier alpha value is -3.39. The Morgan fingerprint density at radius 1 is 0.970 bits per heavy atom. The number of hydrogen-bond donors (Lipinski definition) is 2. The molecule has 1 amide bonds. The summed E-state index contributed by atoms with van der Waals surface area (Å²) in [6.45, 7) is 5.70. The third kappa shape index (κ3) is 5.01. The number of benzene rings is 2. The van der Waals surface area contributed by atoms with Crippen LogP contribution in [0.1, 0.15) is 16.9 Å². The Bertz CT molecular complexity index is 1070. The van der Waals surface area contributed by atoms with Gasteiger partial charge in [-0.3, -0.25) is 9.69 Å². The molecule has 33 heavy (non-hydrogen) atoms. The zero-order valence-corrected chi connectivity index (χ0v) is 19.5. The number of amides is 1. The second-order valence-electron chi connectivity index (χ2n) is 8.06. The molecule has 1 aliphatic heterocycles. The number of piperazine rings is 1. The number of aromatic nitrogens is 1. The third-order valence-corrected chi connectivity index (χ3v) is 6.12. The highest BCUT2D eigenvalue weighted by Gasteiger charge is 2.20. The van der Waals surface area contributed by atoms with E-state index in [0.717, 1.165) is 44.5 Å². The van der Waals surface area contributed by atoms with E-state index in [1.165, 1.54) is 5.69 Å². The van der Waals surface area contributed by atoms with Crippen LogP contribution in [0.3, 0.4) is 0 Å². The molecule has 8 nitrogen and oxygen atoms in total. The van der Waals surface area contributed by atoms with Gasteiger partial charge in [-0.25, -0.2) is 0 Å². The summed E-state index contributed by atoms with van der Waals surface area (Å²) in [5.41, 5.74) is 2.43. The van der Waals surface area contributed by atoms with E-state index in [1.54, 1.807) is 33.5 Å². The summed E-state index contributed by atoms with van der Waals surface area (Å²) in [6.07, 6.45) is 0.901. The van der Waals surface area contributed by atoms with Gasteiger partial charge in [0.1, 0.15) is 11.4 Å². The van der Waals surface area contributed by atoms with Crippen molar-refractivity contribution in [2.24, 2.45) is 0 Å². The number of nitrogens with one attached hydrogen (secondary N) is 2. The second kappa shape index (κ2) is 10.5. The second-order valence-corrected chi connectivity index (χ2v) is 8.06. The lowest BCUT2D eigenvalue weighted by Gasteiger charge is -2.36. The van der Waals surface area contributed by atoms with Gasteiger partial charge in [-0.2, -0.15) is 0 Å². The maximum atomic E-state index is 12.7. The highest BCUT2D eigenvalue weighted by atomic mass is 16.5. The molecule has 2 N–H and O–H groups in total. The number of para-hydroxylation sites is 1. The number of aromatic amines is 1. The zero-order valence-electron chi connectivity index (χ0n) is 19.5. The average molecular weight is 453 g/mol. The van der Waals surface area contributed by atoms with Crippen LogP contribution < -0.4 is 24.4 Å². The summed E-state index contributed by atoms with van der Waals surface area (Å²) in [5.74, 6) is 1.56. The van der Waals surface area contributed by atoms with Crippen molar-refractivity contribution >= 4 is 22.5 Å². The number of methoxy groups -OCH3 is 3. The molecule has 8 heteroatoms. The number of rotatable bonds is 9. The molecule has 0 saturated carbocycles. The molecule has 3 aromatic rings. The molecule has 0 unspecified atom stereocenters. The van der Waals surface area contributed by atoms with Gasteiger partial charge in [0.2, 0.25) is 0 Å². The van der Waals surface area contributed by atoms with E-state index in [2.05, 4.69) is 44.4 Å². The molecular weight excluding hydrogens is 420 g/mol. The molecule has 0 aliphatic carbocycles. The van der Waals surface area contributed by atoms with E-state index in [9.17, 15) is 4.79 Å². The predicted octanol–water partition coefficient (Wildman–Crippen LogP) is 3.14. The molecule has 1 aliphatic rings. The quantitative estimate of drug-likeness (QED) is 0.486. The minimum atomic E-state index is -0.150. The number of nitrogens with zero attached hydrogens (tertiary/aromatic N) is 2. The normalized spacial score (nSPS) is 14.3. The molecule has 1 aromatic heterocycles. The highest BCUT2D eigenvalue weighted by molar-refractivity contribution is 6.02. The van der Waals surface area contributed by atoms with E-state index in [1.807, 2.05) is 6.07 Å². The predicted molar refractivity (Wildman–Crippen MR) is 130 cm³/mol. The van der Waals surface area contributed by atoms with Crippen LogP contribution in [0, 0.1) is 0 Å². The first kappa shape index (κ1) is 22.8. The first-order valence-corrected chi connectivity index (χ1v) is 11.3. The van der Waals surface area contributed by atoms with E-state index < -0.39 is 0 Å². The van der Waals surface area contributed by atoms with Gasteiger partial charge in [-0.15, -0.1) is 0 Å². The van der Waals surface area contributed by atoms with Crippen LogP contribution in [0.25, 0.3) is 10.9 Å². The minimum Gasteiger partial charge on any atom is -0.496 e. The fraction of sp³-hybridized carbons (Fsp3) is 0.400. The van der Waals surface area contributed by atoms with Crippen LogP contribution in [0.5, 0.6) is 17.2 Å². The first-order valence-electron chi connectivity index (χ1n) is 11.3. The number of hydrogen-bond acceptors (Lipinski definition) is 6. The monoisotopic (exact) mass is 452 g/mol. The summed E-state index contributed by atoms with van der Waals surface area (Å²) >= 11 is 0. The van der Waals surface area contributed by atoms with Crippen LogP contribution >= 0.6 is 0 Å².